The fraction of sp³-hybridized carbons (Fsp3) is 0.364. The number of hydrogen-bond acceptors (Lipinski definition) is 10. The third kappa shape index (κ3) is 7.39. The SMILES string of the molecule is Cn1nnnc1SCC1=C(C(=O)O)N2C(=O)[C@@H](NC(=O)Cc3ccc(NC(=O)CCC(=O)O)cc3)[C@H]2SC1.[NaH]. The van der Waals surface area contributed by atoms with Crippen LogP contribution in [0.2, 0.25) is 0 Å². The first-order valence-corrected chi connectivity index (χ1v) is 13.3. The molecule has 1 aromatic carbocycles. The Balaban J connectivity index is 0.00000420. The number of aliphatic carboxylic acids is 2. The normalized spacial score (nSPS) is 18.0. The van der Waals surface area contributed by atoms with Gasteiger partial charge in [0.2, 0.25) is 17.0 Å². The molecule has 2 aliphatic heterocycles. The van der Waals surface area contributed by atoms with Crippen molar-refractivity contribution in [2.45, 2.75) is 35.8 Å². The molecular formula is C22H24N7NaO7S2. The predicted octanol–water partition coefficient (Wildman–Crippen LogP) is -0.562. The van der Waals surface area contributed by atoms with Gasteiger partial charge in [0.05, 0.1) is 12.8 Å². The van der Waals surface area contributed by atoms with Crippen molar-refractivity contribution in [3.05, 3.63) is 41.1 Å². The number of carboxylic acid groups (broad SMARTS) is 2. The first-order chi connectivity index (χ1) is 18.1. The first kappa shape index (κ1) is 30.6. The summed E-state index contributed by atoms with van der Waals surface area (Å²) in [7, 11) is 1.67. The molecule has 0 saturated carbocycles. The molecule has 1 fully saturated rings. The number of amides is 3. The Bertz CT molecular complexity index is 1320. The van der Waals surface area contributed by atoms with Gasteiger partial charge in [-0.1, -0.05) is 23.9 Å². The van der Waals surface area contributed by atoms with E-state index < -0.39 is 41.1 Å². The number of tetrazole rings is 1. The van der Waals surface area contributed by atoms with Crippen molar-refractivity contribution in [3.8, 4) is 0 Å². The number of fused-ring (bicyclic) bond motifs is 1. The van der Waals surface area contributed by atoms with Crippen LogP contribution in [0.1, 0.15) is 18.4 Å². The monoisotopic (exact) mass is 585 g/mol. The second-order valence-corrected chi connectivity index (χ2v) is 10.4. The molecule has 0 aliphatic carbocycles. The van der Waals surface area contributed by atoms with Crippen LogP contribution in [0.3, 0.4) is 0 Å². The van der Waals surface area contributed by atoms with Crippen molar-refractivity contribution in [2.24, 2.45) is 7.05 Å². The van der Waals surface area contributed by atoms with Gasteiger partial charge >= 0.3 is 41.5 Å². The van der Waals surface area contributed by atoms with Crippen molar-refractivity contribution >= 4 is 88.4 Å². The predicted molar refractivity (Wildman–Crippen MR) is 142 cm³/mol. The molecule has 2 atom stereocenters. The summed E-state index contributed by atoms with van der Waals surface area (Å²) in [6.45, 7) is 0. The number of aromatic nitrogens is 4. The molecule has 39 heavy (non-hydrogen) atoms. The summed E-state index contributed by atoms with van der Waals surface area (Å²) in [5, 5.41) is 34.9. The number of nitrogens with one attached hydrogen (secondary N) is 2. The van der Waals surface area contributed by atoms with E-state index in [4.69, 9.17) is 5.11 Å². The van der Waals surface area contributed by atoms with Gasteiger partial charge in [0, 0.05) is 30.7 Å². The molecule has 202 valence electrons. The van der Waals surface area contributed by atoms with Crippen LogP contribution in [0, 0.1) is 0 Å². The van der Waals surface area contributed by atoms with Crippen LogP contribution >= 0.6 is 23.5 Å². The molecule has 4 rings (SSSR count). The van der Waals surface area contributed by atoms with E-state index in [1.165, 1.54) is 33.1 Å². The van der Waals surface area contributed by atoms with Crippen LogP contribution in [0.5, 0.6) is 0 Å². The van der Waals surface area contributed by atoms with E-state index in [9.17, 15) is 29.1 Å². The second-order valence-electron chi connectivity index (χ2n) is 8.40. The molecule has 0 bridgehead atoms. The van der Waals surface area contributed by atoms with E-state index >= 15 is 0 Å². The number of aryl methyl sites for hydroxylation is 1. The summed E-state index contributed by atoms with van der Waals surface area (Å²) in [5.41, 5.74) is 1.59. The van der Waals surface area contributed by atoms with E-state index in [2.05, 4.69) is 26.2 Å². The van der Waals surface area contributed by atoms with E-state index in [1.807, 2.05) is 0 Å². The summed E-state index contributed by atoms with van der Waals surface area (Å²) in [6, 6.07) is 5.62. The van der Waals surface area contributed by atoms with Crippen molar-refractivity contribution in [1.82, 2.24) is 30.4 Å². The van der Waals surface area contributed by atoms with Gasteiger partial charge < -0.3 is 20.8 Å². The molecule has 0 unspecified atom stereocenters. The molecule has 0 radical (unpaired) electrons. The number of thioether (sulfide) groups is 2. The summed E-state index contributed by atoms with van der Waals surface area (Å²) >= 11 is 2.65. The Morgan fingerprint density at radius 2 is 1.85 bits per heavy atom. The number of carbonyl (C=O) groups is 5. The average molecular weight is 586 g/mol. The summed E-state index contributed by atoms with van der Waals surface area (Å²) in [4.78, 5) is 61.0. The molecule has 3 amide bonds. The van der Waals surface area contributed by atoms with Crippen LogP contribution in [0.15, 0.2) is 40.7 Å². The Morgan fingerprint density at radius 3 is 2.46 bits per heavy atom. The number of hydrogen-bond donors (Lipinski definition) is 4. The number of rotatable bonds is 11. The molecule has 4 N–H and O–H groups in total. The molecule has 17 heteroatoms. The summed E-state index contributed by atoms with van der Waals surface area (Å²) in [6.07, 6.45) is -0.446. The van der Waals surface area contributed by atoms with E-state index in [0.717, 1.165) is 0 Å². The van der Waals surface area contributed by atoms with E-state index in [0.29, 0.717) is 33.5 Å². The van der Waals surface area contributed by atoms with Gasteiger partial charge in [-0.2, -0.15) is 0 Å². The molecule has 1 aromatic heterocycles. The zero-order valence-corrected chi connectivity index (χ0v) is 21.6. The number of carbonyl (C=O) groups excluding carboxylic acids is 3. The van der Waals surface area contributed by atoms with Gasteiger partial charge in [0.1, 0.15) is 17.1 Å². The third-order valence-corrected chi connectivity index (χ3v) is 8.13. The van der Waals surface area contributed by atoms with Crippen LogP contribution < -0.4 is 10.6 Å². The van der Waals surface area contributed by atoms with Crippen LogP contribution in [-0.4, -0.2) is 117 Å². The zero-order chi connectivity index (χ0) is 27.4. The minimum absolute atomic E-state index is 0. The van der Waals surface area contributed by atoms with Gasteiger partial charge in [0.25, 0.3) is 5.91 Å². The summed E-state index contributed by atoms with van der Waals surface area (Å²) < 4.78 is 1.47. The molecule has 2 aromatic rings. The number of anilines is 1. The molecule has 3 heterocycles. The summed E-state index contributed by atoms with van der Waals surface area (Å²) in [5.74, 6) is -2.93. The molecule has 1 saturated heterocycles. The fourth-order valence-electron chi connectivity index (χ4n) is 3.85. The molecule has 2 aliphatic rings. The topological polar surface area (TPSA) is 197 Å². The Labute approximate surface area is 252 Å². The maximum atomic E-state index is 12.9. The molecule has 0 spiro atoms. The van der Waals surface area contributed by atoms with Gasteiger partial charge in [-0.05, 0) is 33.7 Å². The Morgan fingerprint density at radius 1 is 1.13 bits per heavy atom. The number of carboxylic acids is 2. The van der Waals surface area contributed by atoms with Crippen LogP contribution in [0.4, 0.5) is 5.69 Å². The standard InChI is InChI=1S/C22H23N7O7S2.Na.H/c1-28-22(25-26-27-28)38-10-12-9-37-20-17(19(34)29(20)18(12)21(35)36)24-15(31)8-11-2-4-13(5-3-11)23-14(30)6-7-16(32)33;;/h2-5,17,20H,6-10H2,1H3,(H,23,30)(H,24,31)(H,32,33)(H,35,36);;/t17-,20-;;/m1../s1. The number of nitrogens with zero attached hydrogens (tertiary/aromatic N) is 5. The zero-order valence-electron chi connectivity index (χ0n) is 20.0. The Hall–Kier alpha value is -2.92. The quantitative estimate of drug-likeness (QED) is 0.149. The van der Waals surface area contributed by atoms with E-state index in [1.54, 1.807) is 31.3 Å². The van der Waals surface area contributed by atoms with Crippen molar-refractivity contribution in [1.29, 1.82) is 0 Å². The maximum absolute atomic E-state index is 12.9. The van der Waals surface area contributed by atoms with Gasteiger partial charge in [-0.25, -0.2) is 9.48 Å². The van der Waals surface area contributed by atoms with Crippen LogP contribution in [-0.2, 0) is 37.4 Å². The van der Waals surface area contributed by atoms with Gasteiger partial charge in [-0.3, -0.25) is 24.1 Å². The van der Waals surface area contributed by atoms with Crippen molar-refractivity contribution in [2.75, 3.05) is 16.8 Å². The van der Waals surface area contributed by atoms with Gasteiger partial charge in [-0.15, -0.1) is 16.9 Å². The Kier molecular flexibility index (Phi) is 10.5. The number of benzene rings is 1. The van der Waals surface area contributed by atoms with E-state index in [-0.39, 0.29) is 54.5 Å². The second kappa shape index (κ2) is 13.4. The third-order valence-electron chi connectivity index (χ3n) is 5.69. The first-order valence-electron chi connectivity index (χ1n) is 11.3. The average Bonchev–Trinajstić information content (AvgIpc) is 3.29. The van der Waals surface area contributed by atoms with Crippen molar-refractivity contribution < 1.29 is 34.2 Å². The molecular weight excluding hydrogens is 561 g/mol. The number of β-lactam (4-membered cyclic amide) rings is 1. The fourth-order valence-corrected chi connectivity index (χ4v) is 6.18. The molecule has 14 nitrogen and oxygen atoms in total. The van der Waals surface area contributed by atoms with Crippen molar-refractivity contribution in [3.63, 3.8) is 0 Å². The minimum atomic E-state index is -1.21. The van der Waals surface area contributed by atoms with Gasteiger partial charge in [0.15, 0.2) is 0 Å². The van der Waals surface area contributed by atoms with Crippen LogP contribution in [0.25, 0.3) is 0 Å².